The summed E-state index contributed by atoms with van der Waals surface area (Å²) in [7, 11) is 1.58. The molecule has 0 unspecified atom stereocenters. The van der Waals surface area contributed by atoms with Crippen molar-refractivity contribution in [1.29, 1.82) is 0 Å². The molecule has 1 N–H and O–H groups in total. The number of thiocarbonyl (C=S) groups is 1. The number of amides is 1. The summed E-state index contributed by atoms with van der Waals surface area (Å²) < 4.78 is 6.99. The van der Waals surface area contributed by atoms with E-state index in [1.165, 1.54) is 21.1 Å². The van der Waals surface area contributed by atoms with E-state index >= 15 is 0 Å². The molecule has 0 aromatic carbocycles. The topological polar surface area (TPSA) is 75.9 Å². The van der Waals surface area contributed by atoms with Crippen LogP contribution < -0.4 is 10.9 Å². The largest absolute Gasteiger partial charge is 0.383 e. The van der Waals surface area contributed by atoms with Crippen molar-refractivity contribution in [1.82, 2.24) is 14.3 Å². The van der Waals surface area contributed by atoms with Gasteiger partial charge in [0.1, 0.15) is 15.8 Å². The average Bonchev–Trinajstić information content (AvgIpc) is 2.99. The van der Waals surface area contributed by atoms with E-state index < -0.39 is 0 Å². The van der Waals surface area contributed by atoms with Crippen molar-refractivity contribution in [3.8, 4) is 0 Å². The number of rotatable bonds is 9. The van der Waals surface area contributed by atoms with E-state index in [0.29, 0.717) is 46.0 Å². The Kier molecular flexibility index (Phi) is 7.40. The molecule has 1 aliphatic rings. The molecule has 0 saturated carbocycles. The smallest absolute Gasteiger partial charge is 0.267 e. The number of anilines is 1. The van der Waals surface area contributed by atoms with E-state index in [0.717, 1.165) is 19.3 Å². The third-order valence-electron chi connectivity index (χ3n) is 4.51. The lowest BCUT2D eigenvalue weighted by molar-refractivity contribution is -0.122. The molecule has 1 fully saturated rings. The Morgan fingerprint density at radius 2 is 2.14 bits per heavy atom. The molecule has 7 nitrogen and oxygen atoms in total. The maximum atomic E-state index is 13.1. The molecule has 1 aliphatic heterocycles. The molecule has 29 heavy (non-hydrogen) atoms. The molecular weight excluding hydrogens is 408 g/mol. The van der Waals surface area contributed by atoms with Gasteiger partial charge in [0, 0.05) is 19.9 Å². The SMILES string of the molecule is CCCCCNc1nc2ccccn2c(=O)c1/C=C1/SC(=S)N(CCOC)C1=O. The highest BCUT2D eigenvalue weighted by atomic mass is 32.2. The molecule has 9 heteroatoms. The lowest BCUT2D eigenvalue weighted by atomic mass is 10.2. The molecule has 0 atom stereocenters. The Balaban J connectivity index is 1.99. The van der Waals surface area contributed by atoms with Crippen LogP contribution in [-0.4, -0.2) is 51.3 Å². The number of unbranched alkanes of at least 4 members (excludes halogenated alkanes) is 2. The third-order valence-corrected chi connectivity index (χ3v) is 5.89. The van der Waals surface area contributed by atoms with Crippen LogP contribution in [0.3, 0.4) is 0 Å². The third kappa shape index (κ3) is 4.85. The van der Waals surface area contributed by atoms with Gasteiger partial charge in [-0.05, 0) is 24.6 Å². The highest BCUT2D eigenvalue weighted by Crippen LogP contribution is 2.32. The van der Waals surface area contributed by atoms with Gasteiger partial charge in [-0.15, -0.1) is 0 Å². The Bertz CT molecular complexity index is 1000. The molecule has 3 rings (SSSR count). The average molecular weight is 433 g/mol. The number of thioether (sulfide) groups is 1. The molecule has 2 aromatic heterocycles. The molecule has 0 spiro atoms. The molecule has 1 amide bonds. The Labute approximate surface area is 179 Å². The Hall–Kier alpha value is -2.23. The second kappa shape index (κ2) is 10.00. The summed E-state index contributed by atoms with van der Waals surface area (Å²) in [6.45, 7) is 3.62. The number of pyridine rings is 1. The molecule has 0 radical (unpaired) electrons. The molecule has 0 bridgehead atoms. The molecule has 0 aliphatic carbocycles. The van der Waals surface area contributed by atoms with Gasteiger partial charge in [-0.1, -0.05) is 49.8 Å². The Morgan fingerprint density at radius 3 is 2.90 bits per heavy atom. The van der Waals surface area contributed by atoms with Gasteiger partial charge in [0.05, 0.1) is 23.6 Å². The number of nitrogens with one attached hydrogen (secondary N) is 1. The number of ether oxygens (including phenoxy) is 1. The molecular formula is C20H24N4O3S2. The second-order valence-electron chi connectivity index (χ2n) is 6.57. The minimum absolute atomic E-state index is 0.216. The maximum Gasteiger partial charge on any atom is 0.267 e. The highest BCUT2D eigenvalue weighted by Gasteiger charge is 2.32. The fourth-order valence-corrected chi connectivity index (χ4v) is 4.25. The predicted molar refractivity (Wildman–Crippen MR) is 121 cm³/mol. The van der Waals surface area contributed by atoms with Crippen molar-refractivity contribution < 1.29 is 9.53 Å². The van der Waals surface area contributed by atoms with Gasteiger partial charge in [0.15, 0.2) is 0 Å². The van der Waals surface area contributed by atoms with E-state index in [2.05, 4.69) is 17.2 Å². The van der Waals surface area contributed by atoms with E-state index in [-0.39, 0.29) is 11.5 Å². The van der Waals surface area contributed by atoms with Crippen molar-refractivity contribution in [3.05, 3.63) is 45.2 Å². The van der Waals surface area contributed by atoms with Crippen LogP contribution in [0.1, 0.15) is 31.7 Å². The second-order valence-corrected chi connectivity index (χ2v) is 8.24. The van der Waals surface area contributed by atoms with Gasteiger partial charge in [0.2, 0.25) is 0 Å². The normalized spacial score (nSPS) is 15.7. The minimum atomic E-state index is -0.226. The van der Waals surface area contributed by atoms with Crippen LogP contribution in [0.25, 0.3) is 11.7 Å². The summed E-state index contributed by atoms with van der Waals surface area (Å²) in [6.07, 6.45) is 6.44. The van der Waals surface area contributed by atoms with Crippen LogP contribution in [-0.2, 0) is 9.53 Å². The van der Waals surface area contributed by atoms with E-state index in [9.17, 15) is 9.59 Å². The number of methoxy groups -OCH3 is 1. The fourth-order valence-electron chi connectivity index (χ4n) is 2.96. The zero-order valence-electron chi connectivity index (χ0n) is 16.5. The summed E-state index contributed by atoms with van der Waals surface area (Å²) in [6, 6.07) is 5.40. The van der Waals surface area contributed by atoms with Crippen LogP contribution in [0.4, 0.5) is 5.82 Å². The first-order valence-corrected chi connectivity index (χ1v) is 10.8. The minimum Gasteiger partial charge on any atom is -0.383 e. The van der Waals surface area contributed by atoms with Gasteiger partial charge < -0.3 is 10.1 Å². The predicted octanol–water partition coefficient (Wildman–Crippen LogP) is 3.14. The highest BCUT2D eigenvalue weighted by molar-refractivity contribution is 8.26. The van der Waals surface area contributed by atoms with Crippen LogP contribution in [0.5, 0.6) is 0 Å². The van der Waals surface area contributed by atoms with E-state index in [1.54, 1.807) is 31.5 Å². The first kappa shape index (κ1) is 21.5. The zero-order chi connectivity index (χ0) is 20.8. The summed E-state index contributed by atoms with van der Waals surface area (Å²) in [5.41, 5.74) is 0.688. The quantitative estimate of drug-likeness (QED) is 0.371. The van der Waals surface area contributed by atoms with Gasteiger partial charge in [0.25, 0.3) is 11.5 Å². The number of carbonyl (C=O) groups is 1. The van der Waals surface area contributed by atoms with Gasteiger partial charge in [-0.3, -0.25) is 18.9 Å². The van der Waals surface area contributed by atoms with Crippen molar-refractivity contribution in [2.75, 3.05) is 32.1 Å². The van der Waals surface area contributed by atoms with Crippen molar-refractivity contribution in [2.45, 2.75) is 26.2 Å². The molecule has 2 aromatic rings. The number of nitrogens with zero attached hydrogens (tertiary/aromatic N) is 3. The number of hydrogen-bond donors (Lipinski definition) is 1. The fraction of sp³-hybridized carbons (Fsp3) is 0.400. The van der Waals surface area contributed by atoms with E-state index in [4.69, 9.17) is 17.0 Å². The van der Waals surface area contributed by atoms with Crippen LogP contribution >= 0.6 is 24.0 Å². The standard InChI is InChI=1S/C20H24N4O3S2/c1-3-4-6-9-21-17-14(18(25)23-10-7-5-8-16(23)22-17)13-15-19(26)24(11-12-27-2)20(28)29-15/h5,7-8,10,13,21H,3-4,6,9,11-12H2,1-2H3/b15-13+. The summed E-state index contributed by atoms with van der Waals surface area (Å²) >= 11 is 6.51. The summed E-state index contributed by atoms with van der Waals surface area (Å²) in [4.78, 5) is 32.4. The lowest BCUT2D eigenvalue weighted by Gasteiger charge is -2.13. The first-order valence-electron chi connectivity index (χ1n) is 9.56. The monoisotopic (exact) mass is 432 g/mol. The van der Waals surface area contributed by atoms with Crippen LogP contribution in [0.15, 0.2) is 34.1 Å². The summed E-state index contributed by atoms with van der Waals surface area (Å²) in [5.74, 6) is 0.269. The Morgan fingerprint density at radius 1 is 1.31 bits per heavy atom. The van der Waals surface area contributed by atoms with Gasteiger partial charge in [-0.2, -0.15) is 0 Å². The number of hydrogen-bond acceptors (Lipinski definition) is 7. The summed E-state index contributed by atoms with van der Waals surface area (Å²) in [5, 5.41) is 3.27. The van der Waals surface area contributed by atoms with Crippen molar-refractivity contribution in [2.24, 2.45) is 0 Å². The number of fused-ring (bicyclic) bond motifs is 1. The van der Waals surface area contributed by atoms with E-state index in [1.807, 2.05) is 6.07 Å². The number of aromatic nitrogens is 2. The van der Waals surface area contributed by atoms with Gasteiger partial charge in [-0.25, -0.2) is 4.98 Å². The molecule has 3 heterocycles. The lowest BCUT2D eigenvalue weighted by Crippen LogP contribution is -2.31. The van der Waals surface area contributed by atoms with Crippen LogP contribution in [0.2, 0.25) is 0 Å². The van der Waals surface area contributed by atoms with Crippen LogP contribution in [0, 0.1) is 0 Å². The van der Waals surface area contributed by atoms with Crippen molar-refractivity contribution >= 4 is 51.7 Å². The number of carbonyl (C=O) groups excluding carboxylic acids is 1. The zero-order valence-corrected chi connectivity index (χ0v) is 18.1. The molecule has 154 valence electrons. The first-order chi connectivity index (χ1) is 14.1. The van der Waals surface area contributed by atoms with Crippen molar-refractivity contribution in [3.63, 3.8) is 0 Å². The van der Waals surface area contributed by atoms with Gasteiger partial charge >= 0.3 is 0 Å². The maximum absolute atomic E-state index is 13.1. The molecule has 1 saturated heterocycles.